The first-order valence-corrected chi connectivity index (χ1v) is 19.2. The summed E-state index contributed by atoms with van der Waals surface area (Å²) in [5.74, 6) is -4.47. The number of carbonyl (C=O) groups excluding carboxylic acids is 6. The Morgan fingerprint density at radius 1 is 1.04 bits per heavy atom. The zero-order valence-electron chi connectivity index (χ0n) is 31.2. The van der Waals surface area contributed by atoms with Crippen LogP contribution in [-0.4, -0.2) is 98.7 Å². The van der Waals surface area contributed by atoms with Gasteiger partial charge in [-0.3, -0.25) is 39.0 Å². The Hall–Kier alpha value is -4.47. The molecular formula is C40H49FN4O10. The number of imide groups is 1. The van der Waals surface area contributed by atoms with Gasteiger partial charge in [0.25, 0.3) is 17.7 Å². The van der Waals surface area contributed by atoms with E-state index in [9.17, 15) is 44.1 Å². The molecule has 296 valence electrons. The number of piperidine rings is 1. The molecule has 4 aliphatic carbocycles. The van der Waals surface area contributed by atoms with Crippen LogP contribution in [-0.2, 0) is 24.0 Å². The summed E-state index contributed by atoms with van der Waals surface area (Å²) in [7, 11) is 0. The lowest BCUT2D eigenvalue weighted by Gasteiger charge is -2.62. The van der Waals surface area contributed by atoms with Crippen molar-refractivity contribution in [2.75, 3.05) is 19.7 Å². The molecule has 0 bridgehead atoms. The number of alkyl halides is 1. The number of rotatable bonds is 10. The van der Waals surface area contributed by atoms with Crippen molar-refractivity contribution in [1.82, 2.24) is 20.9 Å². The molecule has 0 aromatic heterocycles. The van der Waals surface area contributed by atoms with Gasteiger partial charge in [-0.2, -0.15) is 0 Å². The Labute approximate surface area is 317 Å². The van der Waals surface area contributed by atoms with E-state index in [4.69, 9.17) is 4.74 Å². The van der Waals surface area contributed by atoms with Gasteiger partial charge in [0.15, 0.2) is 29.9 Å². The lowest BCUT2D eigenvalue weighted by atomic mass is 9.44. The van der Waals surface area contributed by atoms with E-state index in [1.54, 1.807) is 32.9 Å². The predicted octanol–water partition coefficient (Wildman–Crippen LogP) is 1.68. The number of halogens is 1. The van der Waals surface area contributed by atoms with E-state index in [1.165, 1.54) is 24.3 Å². The van der Waals surface area contributed by atoms with Crippen LogP contribution in [0.25, 0.3) is 0 Å². The van der Waals surface area contributed by atoms with Crippen molar-refractivity contribution in [2.45, 2.75) is 102 Å². The highest BCUT2D eigenvalue weighted by atomic mass is 19.1. The van der Waals surface area contributed by atoms with Gasteiger partial charge in [0, 0.05) is 41.8 Å². The summed E-state index contributed by atoms with van der Waals surface area (Å²) in [5.41, 5.74) is -5.25. The fraction of sp³-hybridized carbons (Fsp3) is 0.600. The number of allylic oxidation sites excluding steroid dienone is 4. The van der Waals surface area contributed by atoms with Crippen LogP contribution < -0.4 is 20.7 Å². The predicted molar refractivity (Wildman–Crippen MR) is 192 cm³/mol. The molecule has 2 heterocycles. The molecule has 55 heavy (non-hydrogen) atoms. The van der Waals surface area contributed by atoms with Crippen molar-refractivity contribution in [3.05, 3.63) is 53.1 Å². The topological polar surface area (TPSA) is 212 Å². The number of nitrogens with one attached hydrogen (secondary N) is 3. The number of hydrogen-bond acceptors (Lipinski definition) is 10. The van der Waals surface area contributed by atoms with E-state index >= 15 is 4.39 Å². The van der Waals surface area contributed by atoms with E-state index < -0.39 is 88.5 Å². The van der Waals surface area contributed by atoms with Gasteiger partial charge in [0.2, 0.25) is 11.8 Å². The standard InChI is InChI=1S/C40H49FN4O10/c1-21-17-26-25-10-9-22-18-23(46)13-14-37(22,2)39(25,41)29(47)19-38(26,3)40(21,54)36(53)43-16-5-4-15-42-31(49)20-55-28-8-6-7-24-32(28)35(52)45(34(24)51)27-11-12-30(48)44-33(27)50/h6-8,13-14,18,21,25-27,29,34,47,51,54H,4-5,9-12,15-17,19-20H2,1-3H3,(H,42,49)(H,43,53)(H,44,48,50)/t21-,25+,26+,27?,29+,34?,37+,38+,39+,40+/m1/s1. The van der Waals surface area contributed by atoms with E-state index in [1.807, 2.05) is 0 Å². The molecule has 3 saturated carbocycles. The second-order valence-corrected chi connectivity index (χ2v) is 16.5. The second-order valence-electron chi connectivity index (χ2n) is 16.5. The van der Waals surface area contributed by atoms with Crippen LogP contribution in [0.4, 0.5) is 4.39 Å². The van der Waals surface area contributed by atoms with Gasteiger partial charge in [0.1, 0.15) is 11.8 Å². The summed E-state index contributed by atoms with van der Waals surface area (Å²) in [6, 6.07) is 3.53. The number of unbranched alkanes of at least 4 members (excludes halogenated alkanes) is 1. The zero-order chi connectivity index (χ0) is 39.7. The number of amides is 5. The SMILES string of the molecule is C[C@@H]1C[C@H]2[C@@H]3CCC4=CC(=O)C=C[C@]4(C)[C@@]3(F)[C@@H](O)C[C@]2(C)[C@@]1(O)C(=O)NCCCCNC(=O)COc1cccc2c1C(=O)N(C1CCC(=O)NC1=O)C2O. The molecule has 1 aromatic carbocycles. The third-order valence-electron chi connectivity index (χ3n) is 13.7. The smallest absolute Gasteiger partial charge is 0.261 e. The first-order valence-electron chi connectivity index (χ1n) is 19.2. The molecule has 10 atom stereocenters. The minimum atomic E-state index is -2.06. The van der Waals surface area contributed by atoms with Crippen LogP contribution in [0, 0.1) is 28.6 Å². The molecule has 6 N–H and O–H groups in total. The molecule has 14 nitrogen and oxygen atoms in total. The number of aliphatic hydroxyl groups is 3. The van der Waals surface area contributed by atoms with Crippen LogP contribution >= 0.6 is 0 Å². The van der Waals surface area contributed by atoms with E-state index in [2.05, 4.69) is 16.0 Å². The molecule has 1 aromatic rings. The van der Waals surface area contributed by atoms with E-state index in [-0.39, 0.29) is 60.9 Å². The minimum Gasteiger partial charge on any atom is -0.483 e. The molecule has 6 aliphatic rings. The third-order valence-corrected chi connectivity index (χ3v) is 13.7. The molecule has 4 fully saturated rings. The van der Waals surface area contributed by atoms with Crippen LogP contribution in [0.5, 0.6) is 5.75 Å². The molecule has 0 radical (unpaired) electrons. The van der Waals surface area contributed by atoms with Crippen LogP contribution in [0.15, 0.2) is 42.0 Å². The van der Waals surface area contributed by atoms with Crippen LogP contribution in [0.2, 0.25) is 0 Å². The Kier molecular flexibility index (Phi) is 9.82. The highest BCUT2D eigenvalue weighted by Crippen LogP contribution is 2.70. The van der Waals surface area contributed by atoms with E-state index in [0.29, 0.717) is 37.7 Å². The van der Waals surface area contributed by atoms with Gasteiger partial charge in [-0.15, -0.1) is 0 Å². The highest BCUT2D eigenvalue weighted by molar-refractivity contribution is 6.07. The normalized spacial score (nSPS) is 37.7. The average molecular weight is 765 g/mol. The lowest BCUT2D eigenvalue weighted by Crippen LogP contribution is -2.70. The number of carbonyl (C=O) groups is 6. The second kappa shape index (κ2) is 13.9. The van der Waals surface area contributed by atoms with E-state index in [0.717, 1.165) is 4.90 Å². The van der Waals surface area contributed by atoms with Crippen molar-refractivity contribution in [2.24, 2.45) is 28.6 Å². The number of benzene rings is 1. The maximum Gasteiger partial charge on any atom is 0.261 e. The number of ether oxygens (including phenoxy) is 1. The van der Waals surface area contributed by atoms with Crippen molar-refractivity contribution < 1.29 is 53.2 Å². The zero-order valence-corrected chi connectivity index (χ0v) is 31.2. The highest BCUT2D eigenvalue weighted by Gasteiger charge is 2.75. The molecular weight excluding hydrogens is 715 g/mol. The minimum absolute atomic E-state index is 0.0247. The van der Waals surface area contributed by atoms with Gasteiger partial charge in [-0.1, -0.05) is 37.6 Å². The largest absolute Gasteiger partial charge is 0.483 e. The fourth-order valence-corrected chi connectivity index (χ4v) is 10.8. The van der Waals surface area contributed by atoms with Crippen LogP contribution in [0.1, 0.15) is 94.3 Å². The fourth-order valence-electron chi connectivity index (χ4n) is 10.8. The van der Waals surface area contributed by atoms with Crippen molar-refractivity contribution >= 4 is 35.3 Å². The third kappa shape index (κ3) is 5.83. The number of hydrogen-bond donors (Lipinski definition) is 6. The molecule has 2 unspecified atom stereocenters. The number of fused-ring (bicyclic) bond motifs is 6. The number of ketones is 1. The van der Waals surface area contributed by atoms with Crippen molar-refractivity contribution in [3.63, 3.8) is 0 Å². The van der Waals surface area contributed by atoms with Gasteiger partial charge < -0.3 is 30.7 Å². The van der Waals surface area contributed by atoms with Gasteiger partial charge in [0.05, 0.1) is 11.7 Å². The Bertz CT molecular complexity index is 1900. The molecule has 2 aliphatic heterocycles. The quantitative estimate of drug-likeness (QED) is 0.150. The van der Waals surface area contributed by atoms with Gasteiger partial charge in [-0.25, -0.2) is 4.39 Å². The monoisotopic (exact) mass is 764 g/mol. The summed E-state index contributed by atoms with van der Waals surface area (Å²) in [5, 5.41) is 42.3. The maximum absolute atomic E-state index is 17.4. The summed E-state index contributed by atoms with van der Waals surface area (Å²) < 4.78 is 23.1. The Balaban J connectivity index is 0.895. The van der Waals surface area contributed by atoms with Gasteiger partial charge >= 0.3 is 0 Å². The summed E-state index contributed by atoms with van der Waals surface area (Å²) in [6.07, 6.45) is 3.74. The lowest BCUT2D eigenvalue weighted by molar-refractivity contribution is -0.219. The molecule has 1 saturated heterocycles. The average Bonchev–Trinajstić information content (AvgIpc) is 3.51. The number of nitrogens with zero attached hydrogens (tertiary/aromatic N) is 1. The van der Waals surface area contributed by atoms with Crippen LogP contribution in [0.3, 0.4) is 0 Å². The molecule has 0 spiro atoms. The molecule has 7 rings (SSSR count). The summed E-state index contributed by atoms with van der Waals surface area (Å²) in [4.78, 5) is 76.9. The molecule has 5 amide bonds. The first kappa shape index (κ1) is 38.8. The number of aliphatic hydroxyl groups excluding tert-OH is 2. The van der Waals surface area contributed by atoms with Gasteiger partial charge in [-0.05, 0) is 81.9 Å². The maximum atomic E-state index is 17.4. The van der Waals surface area contributed by atoms with Crippen molar-refractivity contribution in [1.29, 1.82) is 0 Å². The first-order chi connectivity index (χ1) is 26.0. The molecule has 15 heteroatoms. The summed E-state index contributed by atoms with van der Waals surface area (Å²) in [6.45, 7) is 5.32. The van der Waals surface area contributed by atoms with Crippen molar-refractivity contribution in [3.8, 4) is 5.75 Å². The summed E-state index contributed by atoms with van der Waals surface area (Å²) >= 11 is 0. The Morgan fingerprint density at radius 2 is 1.76 bits per heavy atom. The Morgan fingerprint density at radius 3 is 2.49 bits per heavy atom.